The van der Waals surface area contributed by atoms with Crippen molar-refractivity contribution in [3.05, 3.63) is 23.8 Å². The van der Waals surface area contributed by atoms with Crippen LogP contribution < -0.4 is 14.8 Å². The summed E-state index contributed by atoms with van der Waals surface area (Å²) in [5.74, 6) is -0.551. The first-order valence-corrected chi connectivity index (χ1v) is 7.60. The average Bonchev–Trinajstić information content (AvgIpc) is 2.51. The van der Waals surface area contributed by atoms with Crippen LogP contribution in [0.1, 0.15) is 38.1 Å². The van der Waals surface area contributed by atoms with Gasteiger partial charge in [0.05, 0.1) is 19.6 Å². The van der Waals surface area contributed by atoms with Crippen LogP contribution in [0.2, 0.25) is 0 Å². The monoisotopic (exact) mass is 323 g/mol. The second-order valence-corrected chi connectivity index (χ2v) is 5.96. The van der Waals surface area contributed by atoms with E-state index in [1.807, 2.05) is 13.8 Å². The highest BCUT2D eigenvalue weighted by atomic mass is 16.5. The van der Waals surface area contributed by atoms with Crippen molar-refractivity contribution in [3.8, 4) is 11.5 Å². The Morgan fingerprint density at radius 2 is 1.83 bits per heavy atom. The van der Waals surface area contributed by atoms with E-state index in [2.05, 4.69) is 5.32 Å². The molecule has 2 atom stereocenters. The maximum absolute atomic E-state index is 12.2. The second kappa shape index (κ2) is 8.41. The molecule has 2 unspecified atom stereocenters. The van der Waals surface area contributed by atoms with Gasteiger partial charge >= 0.3 is 5.97 Å². The molecule has 0 aliphatic carbocycles. The van der Waals surface area contributed by atoms with Crippen LogP contribution in [0.5, 0.6) is 11.5 Å². The van der Waals surface area contributed by atoms with Crippen LogP contribution in [0.3, 0.4) is 0 Å². The zero-order valence-corrected chi connectivity index (χ0v) is 14.3. The van der Waals surface area contributed by atoms with E-state index in [9.17, 15) is 9.59 Å². The minimum Gasteiger partial charge on any atom is -0.493 e. The van der Waals surface area contributed by atoms with E-state index in [0.29, 0.717) is 29.6 Å². The first-order valence-electron chi connectivity index (χ1n) is 7.60. The van der Waals surface area contributed by atoms with Crippen LogP contribution in [0.4, 0.5) is 0 Å². The summed E-state index contributed by atoms with van der Waals surface area (Å²) in [4.78, 5) is 23.2. The molecule has 0 spiro atoms. The highest BCUT2D eigenvalue weighted by Crippen LogP contribution is 2.28. The Morgan fingerprint density at radius 1 is 1.17 bits per heavy atom. The van der Waals surface area contributed by atoms with Crippen molar-refractivity contribution in [2.75, 3.05) is 13.7 Å². The third kappa shape index (κ3) is 5.47. The molecule has 1 aromatic carbocycles. The summed E-state index contributed by atoms with van der Waals surface area (Å²) in [7, 11) is 1.51. The number of methoxy groups -OCH3 is 1. The molecular formula is C17H25NO5. The fourth-order valence-electron chi connectivity index (χ4n) is 1.81. The third-order valence-electron chi connectivity index (χ3n) is 3.50. The Morgan fingerprint density at radius 3 is 2.35 bits per heavy atom. The number of carboxylic acid groups (broad SMARTS) is 1. The summed E-state index contributed by atoms with van der Waals surface area (Å²) in [5.41, 5.74) is 0.392. The van der Waals surface area contributed by atoms with Crippen LogP contribution in [0.25, 0.3) is 0 Å². The van der Waals surface area contributed by atoms with Gasteiger partial charge in [-0.1, -0.05) is 13.8 Å². The molecule has 1 aromatic rings. The molecule has 6 heteroatoms. The molecule has 0 saturated carbocycles. The molecule has 0 fully saturated rings. The van der Waals surface area contributed by atoms with Crippen molar-refractivity contribution >= 4 is 11.9 Å². The predicted molar refractivity (Wildman–Crippen MR) is 87.1 cm³/mol. The van der Waals surface area contributed by atoms with Crippen LogP contribution in [0.15, 0.2) is 18.2 Å². The first kappa shape index (κ1) is 18.8. The number of carboxylic acids is 1. The number of ether oxygens (including phenoxy) is 2. The smallest absolute Gasteiger partial charge is 0.308 e. The molecule has 0 aliphatic rings. The third-order valence-corrected chi connectivity index (χ3v) is 3.50. The van der Waals surface area contributed by atoms with Crippen molar-refractivity contribution in [2.24, 2.45) is 11.8 Å². The summed E-state index contributed by atoms with van der Waals surface area (Å²) < 4.78 is 10.9. The highest BCUT2D eigenvalue weighted by molar-refractivity contribution is 5.95. The Bertz CT molecular complexity index is 556. The molecule has 6 nitrogen and oxygen atoms in total. The quantitative estimate of drug-likeness (QED) is 0.768. The van der Waals surface area contributed by atoms with Crippen molar-refractivity contribution in [3.63, 3.8) is 0 Å². The largest absolute Gasteiger partial charge is 0.493 e. The van der Waals surface area contributed by atoms with E-state index in [-0.39, 0.29) is 5.91 Å². The Balaban J connectivity index is 2.84. The van der Waals surface area contributed by atoms with Gasteiger partial charge in [0.2, 0.25) is 0 Å². The number of amides is 1. The van der Waals surface area contributed by atoms with E-state index >= 15 is 0 Å². The summed E-state index contributed by atoms with van der Waals surface area (Å²) in [6.45, 7) is 7.85. The summed E-state index contributed by atoms with van der Waals surface area (Å²) in [6.07, 6.45) is 0. The minimum absolute atomic E-state index is 0.348. The Kier molecular flexibility index (Phi) is 6.88. The fraction of sp³-hybridized carbons (Fsp3) is 0.529. The first-order chi connectivity index (χ1) is 10.8. The molecule has 2 N–H and O–H groups in total. The van der Waals surface area contributed by atoms with E-state index in [1.165, 1.54) is 7.11 Å². The molecular weight excluding hydrogens is 298 g/mol. The average molecular weight is 323 g/mol. The van der Waals surface area contributed by atoms with E-state index in [0.717, 1.165) is 0 Å². The number of rotatable bonds is 8. The number of nitrogens with one attached hydrogen (secondary N) is 1. The van der Waals surface area contributed by atoms with Gasteiger partial charge in [-0.3, -0.25) is 9.59 Å². The summed E-state index contributed by atoms with van der Waals surface area (Å²) >= 11 is 0. The van der Waals surface area contributed by atoms with Gasteiger partial charge in [-0.05, 0) is 38.0 Å². The zero-order valence-electron chi connectivity index (χ0n) is 14.3. The number of carbonyl (C=O) groups is 2. The van der Waals surface area contributed by atoms with Gasteiger partial charge in [0.25, 0.3) is 5.91 Å². The maximum atomic E-state index is 12.2. The number of hydrogen-bond acceptors (Lipinski definition) is 4. The van der Waals surface area contributed by atoms with Crippen molar-refractivity contribution in [2.45, 2.75) is 33.7 Å². The van der Waals surface area contributed by atoms with Crippen molar-refractivity contribution in [1.82, 2.24) is 5.32 Å². The zero-order chi connectivity index (χ0) is 17.6. The summed E-state index contributed by atoms with van der Waals surface area (Å²) in [6, 6.07) is 4.42. The number of carbonyl (C=O) groups excluding carboxylic acids is 1. The Hall–Kier alpha value is -2.24. The molecule has 0 aromatic heterocycles. The van der Waals surface area contributed by atoms with Crippen molar-refractivity contribution in [1.29, 1.82) is 0 Å². The molecule has 0 heterocycles. The molecule has 0 saturated heterocycles. The van der Waals surface area contributed by atoms with Gasteiger partial charge < -0.3 is 19.9 Å². The normalized spacial score (nSPS) is 13.3. The van der Waals surface area contributed by atoms with Crippen LogP contribution in [-0.2, 0) is 4.79 Å². The highest BCUT2D eigenvalue weighted by Gasteiger charge is 2.22. The second-order valence-electron chi connectivity index (χ2n) is 5.96. The molecule has 128 valence electrons. The Labute approximate surface area is 136 Å². The summed E-state index contributed by atoms with van der Waals surface area (Å²) in [5, 5.41) is 11.7. The molecule has 0 radical (unpaired) electrons. The van der Waals surface area contributed by atoms with Gasteiger partial charge in [-0.15, -0.1) is 0 Å². The lowest BCUT2D eigenvalue weighted by atomic mass is 10.0. The van der Waals surface area contributed by atoms with Gasteiger partial charge in [0.15, 0.2) is 11.5 Å². The topological polar surface area (TPSA) is 84.9 Å². The lowest BCUT2D eigenvalue weighted by molar-refractivity contribution is -0.141. The predicted octanol–water partition coefficient (Wildman–Crippen LogP) is 2.57. The standard InChI is InChI=1S/C17H25NO5/c1-10(2)9-23-14-7-6-13(8-15(14)22-5)16(19)18-12(4)11(3)17(20)21/h6-8,10-12H,9H2,1-5H3,(H,18,19)(H,20,21). The lowest BCUT2D eigenvalue weighted by Crippen LogP contribution is -2.40. The SMILES string of the molecule is COc1cc(C(=O)NC(C)C(C)C(=O)O)ccc1OCC(C)C. The van der Waals surface area contributed by atoms with E-state index < -0.39 is 17.9 Å². The molecule has 23 heavy (non-hydrogen) atoms. The van der Waals surface area contributed by atoms with Crippen LogP contribution >= 0.6 is 0 Å². The van der Waals surface area contributed by atoms with Gasteiger partial charge in [0.1, 0.15) is 0 Å². The number of aliphatic carboxylic acids is 1. The van der Waals surface area contributed by atoms with E-state index in [1.54, 1.807) is 32.0 Å². The van der Waals surface area contributed by atoms with Crippen LogP contribution in [0, 0.1) is 11.8 Å². The molecule has 0 aliphatic heterocycles. The van der Waals surface area contributed by atoms with Gasteiger partial charge in [-0.25, -0.2) is 0 Å². The van der Waals surface area contributed by atoms with Crippen LogP contribution in [-0.4, -0.2) is 36.7 Å². The van der Waals surface area contributed by atoms with Gasteiger partial charge in [0, 0.05) is 11.6 Å². The molecule has 1 amide bonds. The fourth-order valence-corrected chi connectivity index (χ4v) is 1.81. The number of benzene rings is 1. The van der Waals surface area contributed by atoms with Crippen molar-refractivity contribution < 1.29 is 24.2 Å². The lowest BCUT2D eigenvalue weighted by Gasteiger charge is -2.18. The van der Waals surface area contributed by atoms with E-state index in [4.69, 9.17) is 14.6 Å². The molecule has 0 bridgehead atoms. The molecule has 1 rings (SSSR count). The number of hydrogen-bond donors (Lipinski definition) is 2. The van der Waals surface area contributed by atoms with Gasteiger partial charge in [-0.2, -0.15) is 0 Å². The minimum atomic E-state index is -0.951. The maximum Gasteiger partial charge on any atom is 0.308 e.